The van der Waals surface area contributed by atoms with Gasteiger partial charge in [-0.25, -0.2) is 0 Å². The molecule has 0 amide bonds. The molecule has 2 bridgehead atoms. The first-order valence-electron chi connectivity index (χ1n) is 8.70. The number of methoxy groups -OCH3 is 2. The molecule has 25 heavy (non-hydrogen) atoms. The van der Waals surface area contributed by atoms with E-state index in [1.54, 1.807) is 20.4 Å². The molecule has 2 aromatic rings. The molecule has 1 aliphatic heterocycles. The number of aliphatic imine (C=N–C) groups is 1. The topological polar surface area (TPSA) is 43.7 Å². The Kier molecular flexibility index (Phi) is 4.26. The maximum absolute atomic E-state index is 5.57. The number of rotatable bonds is 4. The van der Waals surface area contributed by atoms with E-state index < -0.39 is 0 Å². The predicted octanol–water partition coefficient (Wildman–Crippen LogP) is 4.15. The zero-order chi connectivity index (χ0) is 17.2. The molecule has 1 saturated carbocycles. The summed E-state index contributed by atoms with van der Waals surface area (Å²) >= 11 is 0. The van der Waals surface area contributed by atoms with E-state index in [2.05, 4.69) is 17.1 Å². The molecule has 0 spiro atoms. The highest BCUT2D eigenvalue weighted by Crippen LogP contribution is 2.41. The molecule has 0 N–H and O–H groups in total. The van der Waals surface area contributed by atoms with Gasteiger partial charge >= 0.3 is 0 Å². The second kappa shape index (κ2) is 6.71. The van der Waals surface area contributed by atoms with Gasteiger partial charge in [-0.1, -0.05) is 0 Å². The normalized spacial score (nSPS) is 23.4. The third-order valence-electron chi connectivity index (χ3n) is 5.12. The molecule has 1 aliphatic carbocycles. The molecule has 2 aliphatic rings. The number of pyridine rings is 1. The van der Waals surface area contributed by atoms with Crippen LogP contribution in [0, 0.1) is 5.92 Å². The lowest BCUT2D eigenvalue weighted by molar-refractivity contribution is 0.393. The highest BCUT2D eigenvalue weighted by molar-refractivity contribution is 6.16. The zero-order valence-electron chi connectivity index (χ0n) is 14.6. The fourth-order valence-corrected chi connectivity index (χ4v) is 3.84. The van der Waals surface area contributed by atoms with Gasteiger partial charge in [0.05, 0.1) is 26.0 Å². The lowest BCUT2D eigenvalue weighted by atomic mass is 9.86. The average molecular weight is 334 g/mol. The SMILES string of the molecule is COc1ccc(/C=C2/C(c3cccnc3)=N[C@H]3CC[C@@H]2C3)c(OC)c1. The van der Waals surface area contributed by atoms with Crippen LogP contribution in [0.25, 0.3) is 6.08 Å². The summed E-state index contributed by atoms with van der Waals surface area (Å²) in [7, 11) is 3.36. The first-order valence-corrected chi connectivity index (χ1v) is 8.70. The molecule has 0 radical (unpaired) electrons. The molecule has 1 aromatic heterocycles. The lowest BCUT2D eigenvalue weighted by Gasteiger charge is -2.23. The number of fused-ring (bicyclic) bond motifs is 2. The van der Waals surface area contributed by atoms with Gasteiger partial charge in [0, 0.05) is 29.6 Å². The standard InChI is InChI=1S/C21H22N2O2/c1-24-18-8-6-15(20(12-18)25-2)11-19-14-5-7-17(10-14)23-21(19)16-4-3-9-22-13-16/h3-4,6,8-9,11-14,17H,5,7,10H2,1-2H3/b19-11+/t14-,17+/m1/s1. The Balaban J connectivity index is 1.80. The van der Waals surface area contributed by atoms with Gasteiger partial charge in [-0.2, -0.15) is 0 Å². The smallest absolute Gasteiger partial charge is 0.129 e. The van der Waals surface area contributed by atoms with Gasteiger partial charge in [-0.15, -0.1) is 0 Å². The number of nitrogens with zero attached hydrogens (tertiary/aromatic N) is 2. The fourth-order valence-electron chi connectivity index (χ4n) is 3.84. The van der Waals surface area contributed by atoms with Crippen molar-refractivity contribution in [2.24, 2.45) is 10.9 Å². The number of aromatic nitrogens is 1. The van der Waals surface area contributed by atoms with Crippen LogP contribution >= 0.6 is 0 Å². The summed E-state index contributed by atoms with van der Waals surface area (Å²) in [6, 6.07) is 10.5. The van der Waals surface area contributed by atoms with Crippen LogP contribution in [0.3, 0.4) is 0 Å². The van der Waals surface area contributed by atoms with Crippen LogP contribution in [0.4, 0.5) is 0 Å². The summed E-state index contributed by atoms with van der Waals surface area (Å²) in [6.45, 7) is 0. The van der Waals surface area contributed by atoms with E-state index >= 15 is 0 Å². The fraction of sp³-hybridized carbons (Fsp3) is 0.333. The Bertz CT molecular complexity index is 827. The van der Waals surface area contributed by atoms with Gasteiger partial charge in [0.25, 0.3) is 0 Å². The molecular formula is C21H22N2O2. The van der Waals surface area contributed by atoms with E-state index in [1.165, 1.54) is 18.4 Å². The summed E-state index contributed by atoms with van der Waals surface area (Å²) in [5.41, 5.74) is 4.54. The third kappa shape index (κ3) is 3.04. The monoisotopic (exact) mass is 334 g/mol. The minimum Gasteiger partial charge on any atom is -0.497 e. The molecule has 2 atom stereocenters. The minimum atomic E-state index is 0.454. The number of allylic oxidation sites excluding steroid dienone is 1. The zero-order valence-corrected chi connectivity index (χ0v) is 14.6. The quantitative estimate of drug-likeness (QED) is 0.843. The maximum Gasteiger partial charge on any atom is 0.129 e. The van der Waals surface area contributed by atoms with Gasteiger partial charge < -0.3 is 9.47 Å². The summed E-state index contributed by atoms with van der Waals surface area (Å²) in [5, 5.41) is 0. The van der Waals surface area contributed by atoms with Crippen molar-refractivity contribution >= 4 is 11.8 Å². The van der Waals surface area contributed by atoms with Crippen molar-refractivity contribution in [3.8, 4) is 11.5 Å². The average Bonchev–Trinajstić information content (AvgIpc) is 3.07. The Hall–Kier alpha value is -2.62. The van der Waals surface area contributed by atoms with Crippen LogP contribution in [0.5, 0.6) is 11.5 Å². The van der Waals surface area contributed by atoms with Crippen LogP contribution in [-0.2, 0) is 0 Å². The number of hydrogen-bond donors (Lipinski definition) is 0. The number of ether oxygens (including phenoxy) is 2. The van der Waals surface area contributed by atoms with Crippen LogP contribution in [0.2, 0.25) is 0 Å². The van der Waals surface area contributed by atoms with E-state index in [4.69, 9.17) is 14.5 Å². The highest BCUT2D eigenvalue weighted by Gasteiger charge is 2.34. The Morgan fingerprint density at radius 1 is 1.12 bits per heavy atom. The third-order valence-corrected chi connectivity index (χ3v) is 5.12. The Morgan fingerprint density at radius 2 is 2.04 bits per heavy atom. The van der Waals surface area contributed by atoms with Gasteiger partial charge in [0.2, 0.25) is 0 Å². The second-order valence-electron chi connectivity index (χ2n) is 6.59. The largest absolute Gasteiger partial charge is 0.497 e. The molecule has 4 nitrogen and oxygen atoms in total. The second-order valence-corrected chi connectivity index (χ2v) is 6.59. The van der Waals surface area contributed by atoms with Gasteiger partial charge in [0.1, 0.15) is 11.5 Å². The van der Waals surface area contributed by atoms with Crippen molar-refractivity contribution < 1.29 is 9.47 Å². The van der Waals surface area contributed by atoms with Gasteiger partial charge in [0.15, 0.2) is 0 Å². The predicted molar refractivity (Wildman–Crippen MR) is 99.4 cm³/mol. The van der Waals surface area contributed by atoms with E-state index in [9.17, 15) is 0 Å². The summed E-state index contributed by atoms with van der Waals surface area (Å²) < 4.78 is 10.9. The van der Waals surface area contributed by atoms with Gasteiger partial charge in [-0.3, -0.25) is 9.98 Å². The molecule has 128 valence electrons. The Morgan fingerprint density at radius 3 is 2.80 bits per heavy atom. The lowest BCUT2D eigenvalue weighted by Crippen LogP contribution is -2.20. The molecule has 4 rings (SSSR count). The van der Waals surface area contributed by atoms with E-state index in [1.807, 2.05) is 30.5 Å². The molecular weight excluding hydrogens is 312 g/mol. The summed E-state index contributed by atoms with van der Waals surface area (Å²) in [5.74, 6) is 2.17. The molecule has 1 fully saturated rings. The van der Waals surface area contributed by atoms with Gasteiger partial charge in [-0.05, 0) is 61.1 Å². The molecule has 1 aromatic carbocycles. The van der Waals surface area contributed by atoms with Crippen LogP contribution < -0.4 is 9.47 Å². The minimum absolute atomic E-state index is 0.454. The molecule has 0 saturated heterocycles. The van der Waals surface area contributed by atoms with Crippen LogP contribution in [-0.4, -0.2) is 31.0 Å². The summed E-state index contributed by atoms with van der Waals surface area (Å²) in [6.07, 6.45) is 9.46. The maximum atomic E-state index is 5.57. The molecule has 0 unspecified atom stereocenters. The molecule has 2 heterocycles. The van der Waals surface area contributed by atoms with E-state index in [-0.39, 0.29) is 0 Å². The highest BCUT2D eigenvalue weighted by atomic mass is 16.5. The number of hydrogen-bond acceptors (Lipinski definition) is 4. The van der Waals surface area contributed by atoms with Crippen molar-refractivity contribution in [2.75, 3.05) is 14.2 Å². The van der Waals surface area contributed by atoms with Crippen molar-refractivity contribution in [3.05, 3.63) is 59.4 Å². The van der Waals surface area contributed by atoms with Crippen molar-refractivity contribution in [1.29, 1.82) is 0 Å². The van der Waals surface area contributed by atoms with Crippen LogP contribution in [0.15, 0.2) is 53.3 Å². The number of benzene rings is 1. The Labute approximate surface area is 148 Å². The van der Waals surface area contributed by atoms with Crippen molar-refractivity contribution in [2.45, 2.75) is 25.3 Å². The van der Waals surface area contributed by atoms with Crippen molar-refractivity contribution in [1.82, 2.24) is 4.98 Å². The van der Waals surface area contributed by atoms with Crippen molar-refractivity contribution in [3.63, 3.8) is 0 Å². The van der Waals surface area contributed by atoms with E-state index in [0.29, 0.717) is 12.0 Å². The van der Waals surface area contributed by atoms with E-state index in [0.717, 1.165) is 34.8 Å². The van der Waals surface area contributed by atoms with Crippen LogP contribution in [0.1, 0.15) is 30.4 Å². The first kappa shape index (κ1) is 15.9. The summed E-state index contributed by atoms with van der Waals surface area (Å²) in [4.78, 5) is 9.30. The molecule has 4 heteroatoms. The first-order chi connectivity index (χ1) is 12.3.